The minimum Gasteiger partial charge on any atom is -0.507 e. The van der Waals surface area contributed by atoms with Crippen molar-refractivity contribution < 1.29 is 61.3 Å². The van der Waals surface area contributed by atoms with Gasteiger partial charge in [0, 0.05) is 81.2 Å². The lowest BCUT2D eigenvalue weighted by atomic mass is 10.0. The number of hydrogen-bond donors (Lipinski definition) is 15. The Kier molecular flexibility index (Phi) is 18.7. The molecule has 2 aromatic rings. The number of nitrogens with one attached hydrogen (secondary N) is 3. The van der Waals surface area contributed by atoms with Crippen molar-refractivity contribution in [2.75, 3.05) is 59.0 Å². The van der Waals surface area contributed by atoms with E-state index in [9.17, 15) is 51.1 Å². The number of phenolic OH excluding ortho intramolecular Hbond substituents is 2. The van der Waals surface area contributed by atoms with Gasteiger partial charge in [0.05, 0.1) is 19.3 Å². The average molecular weight is 756 g/mol. The average Bonchev–Trinajstić information content (AvgIpc) is 3.14. The molecule has 0 amide bonds. The van der Waals surface area contributed by atoms with Gasteiger partial charge in [-0.15, -0.1) is 0 Å². The van der Waals surface area contributed by atoms with Crippen LogP contribution in [0.25, 0.3) is 0 Å². The second kappa shape index (κ2) is 22.1. The first kappa shape index (κ1) is 44.8. The van der Waals surface area contributed by atoms with E-state index in [1.165, 1.54) is 0 Å². The lowest BCUT2D eigenvalue weighted by Crippen LogP contribution is -2.51. The highest BCUT2D eigenvalue weighted by Crippen LogP contribution is 2.28. The van der Waals surface area contributed by atoms with Crippen LogP contribution >= 0.6 is 0 Å². The van der Waals surface area contributed by atoms with Gasteiger partial charge in [0.25, 0.3) is 0 Å². The number of nitrogens with zero attached hydrogens (tertiary/aromatic N) is 2. The molecule has 15 N–H and O–H groups in total. The van der Waals surface area contributed by atoms with Crippen LogP contribution in [0, 0.1) is 13.8 Å². The zero-order valence-corrected chi connectivity index (χ0v) is 30.6. The molecule has 1 saturated heterocycles. The third-order valence-corrected chi connectivity index (χ3v) is 9.52. The lowest BCUT2D eigenvalue weighted by Gasteiger charge is -2.29. The molecule has 53 heavy (non-hydrogen) atoms. The van der Waals surface area contributed by atoms with E-state index in [4.69, 9.17) is 10.2 Å². The highest BCUT2D eigenvalue weighted by atomic mass is 16.4. The first-order chi connectivity index (χ1) is 25.2. The van der Waals surface area contributed by atoms with Crippen LogP contribution in [0.1, 0.15) is 39.8 Å². The van der Waals surface area contributed by atoms with Crippen molar-refractivity contribution in [3.05, 3.63) is 57.6 Å². The van der Waals surface area contributed by atoms with Crippen molar-refractivity contribution in [2.45, 2.75) is 95.4 Å². The Hall–Kier alpha value is -2.56. The minimum absolute atomic E-state index is 0.0353. The Balaban J connectivity index is 1.60. The van der Waals surface area contributed by atoms with E-state index < -0.39 is 62.2 Å². The smallest absolute Gasteiger partial charge is 0.134 e. The van der Waals surface area contributed by atoms with E-state index in [2.05, 4.69) is 25.8 Å². The van der Waals surface area contributed by atoms with Crippen molar-refractivity contribution in [3.8, 4) is 11.5 Å². The van der Waals surface area contributed by atoms with E-state index in [1.807, 2.05) is 32.0 Å². The van der Waals surface area contributed by atoms with Crippen molar-refractivity contribution in [3.63, 3.8) is 0 Å². The van der Waals surface area contributed by atoms with Gasteiger partial charge in [-0.2, -0.15) is 0 Å². The molecular formula is C36H61N5O12. The van der Waals surface area contributed by atoms with Crippen molar-refractivity contribution in [1.29, 1.82) is 0 Å². The number of rotatable bonds is 19. The van der Waals surface area contributed by atoms with E-state index in [-0.39, 0.29) is 31.1 Å². The summed E-state index contributed by atoms with van der Waals surface area (Å²) in [5, 5.41) is 129. The van der Waals surface area contributed by atoms with Crippen LogP contribution in [0.15, 0.2) is 24.3 Å². The van der Waals surface area contributed by atoms with Gasteiger partial charge in [0.15, 0.2) is 0 Å². The molecule has 2 aromatic carbocycles. The molecule has 0 aliphatic carbocycles. The SMILES string of the molecule is Cc1cc(CNCC(O)C(O)C(O)C(O)CO)c(O)c(CN2CCCN(Cc3cc(C)cc(CNC(O)C(O)C(O)C(O)CO)c3O)CCNCC2)c1. The third-order valence-electron chi connectivity index (χ3n) is 9.52. The Bertz CT molecular complexity index is 1390. The van der Waals surface area contributed by atoms with Gasteiger partial charge in [-0.05, 0) is 33.4 Å². The number of hydrogen-bond acceptors (Lipinski definition) is 17. The maximum absolute atomic E-state index is 11.2. The van der Waals surface area contributed by atoms with E-state index >= 15 is 0 Å². The van der Waals surface area contributed by atoms with Crippen molar-refractivity contribution >= 4 is 0 Å². The van der Waals surface area contributed by atoms with E-state index in [0.29, 0.717) is 36.3 Å². The number of aryl methyl sites for hydroxylation is 2. The molecule has 1 aliphatic heterocycles. The molecule has 1 aliphatic rings. The summed E-state index contributed by atoms with van der Waals surface area (Å²) in [7, 11) is 0. The summed E-state index contributed by atoms with van der Waals surface area (Å²) in [5.74, 6) is 0.151. The lowest BCUT2D eigenvalue weighted by molar-refractivity contribution is -0.122. The van der Waals surface area contributed by atoms with Crippen LogP contribution in [-0.4, -0.2) is 179 Å². The standard InChI is InChI=1S/C36H61N5O12/c1-21-10-23(14-38-16-27(44)32(49)33(50)28(45)19-42)30(47)25(12-21)17-40-6-3-7-41(9-5-37-4-8-40)18-26-13-22(2)11-24(31(26)48)15-39-36(53)35(52)34(51)29(46)20-43/h10-13,27-29,32-39,42-53H,3-9,14-20H2,1-2H3. The number of aromatic hydroxyl groups is 2. The van der Waals surface area contributed by atoms with E-state index in [1.54, 1.807) is 6.07 Å². The molecule has 8 atom stereocenters. The molecule has 0 spiro atoms. The van der Waals surface area contributed by atoms with Gasteiger partial charge >= 0.3 is 0 Å². The molecule has 3 rings (SSSR count). The second-order valence-corrected chi connectivity index (χ2v) is 14.0. The van der Waals surface area contributed by atoms with Crippen molar-refractivity contribution in [1.82, 2.24) is 25.8 Å². The maximum Gasteiger partial charge on any atom is 0.134 e. The molecular weight excluding hydrogens is 694 g/mol. The topological polar surface area (TPSA) is 285 Å². The Labute approximate surface area is 310 Å². The zero-order valence-electron chi connectivity index (χ0n) is 30.6. The molecule has 8 unspecified atom stereocenters. The summed E-state index contributed by atoms with van der Waals surface area (Å²) in [6.45, 7) is 7.56. The van der Waals surface area contributed by atoms with Gasteiger partial charge < -0.3 is 71.9 Å². The van der Waals surface area contributed by atoms with Crippen molar-refractivity contribution in [2.24, 2.45) is 0 Å². The second-order valence-electron chi connectivity index (χ2n) is 14.0. The van der Waals surface area contributed by atoms with Crippen LogP contribution < -0.4 is 16.0 Å². The molecule has 1 heterocycles. The normalized spacial score (nSPS) is 19.9. The Morgan fingerprint density at radius 2 is 1.04 bits per heavy atom. The number of aliphatic hydroxyl groups excluding tert-OH is 10. The fraction of sp³-hybridized carbons (Fsp3) is 0.667. The van der Waals surface area contributed by atoms with Crippen LogP contribution in [0.4, 0.5) is 0 Å². The minimum atomic E-state index is -1.78. The number of benzene rings is 2. The summed E-state index contributed by atoms with van der Waals surface area (Å²) in [4.78, 5) is 4.48. The van der Waals surface area contributed by atoms with Crippen LogP contribution in [0.3, 0.4) is 0 Å². The monoisotopic (exact) mass is 755 g/mol. The molecule has 17 heteroatoms. The summed E-state index contributed by atoms with van der Waals surface area (Å²) in [5.41, 5.74) is 4.31. The van der Waals surface area contributed by atoms with Gasteiger partial charge in [-0.1, -0.05) is 35.4 Å². The van der Waals surface area contributed by atoms with Gasteiger partial charge in [0.2, 0.25) is 0 Å². The molecule has 1 fully saturated rings. The Morgan fingerprint density at radius 3 is 1.53 bits per heavy atom. The summed E-state index contributed by atoms with van der Waals surface area (Å²) >= 11 is 0. The molecule has 0 saturated carbocycles. The largest absolute Gasteiger partial charge is 0.507 e. The number of phenols is 2. The highest BCUT2D eigenvalue weighted by Gasteiger charge is 2.31. The fourth-order valence-corrected chi connectivity index (χ4v) is 6.41. The van der Waals surface area contributed by atoms with E-state index in [0.717, 1.165) is 55.8 Å². The van der Waals surface area contributed by atoms with Crippen LogP contribution in [0.2, 0.25) is 0 Å². The van der Waals surface area contributed by atoms with Crippen LogP contribution in [-0.2, 0) is 26.2 Å². The first-order valence-corrected chi connectivity index (χ1v) is 18.0. The van der Waals surface area contributed by atoms with Gasteiger partial charge in [-0.25, -0.2) is 0 Å². The third kappa shape index (κ3) is 13.6. The maximum atomic E-state index is 11.2. The predicted molar refractivity (Wildman–Crippen MR) is 195 cm³/mol. The molecule has 0 radical (unpaired) electrons. The van der Waals surface area contributed by atoms with Gasteiger partial charge in [-0.3, -0.25) is 15.1 Å². The highest BCUT2D eigenvalue weighted by molar-refractivity contribution is 5.44. The van der Waals surface area contributed by atoms with Crippen LogP contribution in [0.5, 0.6) is 11.5 Å². The summed E-state index contributed by atoms with van der Waals surface area (Å²) < 4.78 is 0. The number of aliphatic hydroxyl groups is 10. The molecule has 0 aromatic heterocycles. The Morgan fingerprint density at radius 1 is 0.604 bits per heavy atom. The molecule has 0 bridgehead atoms. The zero-order chi connectivity index (χ0) is 39.2. The molecule has 302 valence electrons. The molecule has 17 nitrogen and oxygen atoms in total. The fourth-order valence-electron chi connectivity index (χ4n) is 6.41. The quantitative estimate of drug-likeness (QED) is 0.0609. The summed E-state index contributed by atoms with van der Waals surface area (Å²) in [6, 6.07) is 7.39. The first-order valence-electron chi connectivity index (χ1n) is 18.0. The summed E-state index contributed by atoms with van der Waals surface area (Å²) in [6.07, 6.45) is -12.4. The van der Waals surface area contributed by atoms with Gasteiger partial charge in [0.1, 0.15) is 54.4 Å². The predicted octanol–water partition coefficient (Wildman–Crippen LogP) is -3.98.